The van der Waals surface area contributed by atoms with Gasteiger partial charge in [0.25, 0.3) is 0 Å². The number of aliphatic hydroxyl groups is 1. The van der Waals surface area contributed by atoms with Crippen LogP contribution in [-0.4, -0.2) is 33.0 Å². The molecule has 262 valence electrons. The summed E-state index contributed by atoms with van der Waals surface area (Å²) in [6.07, 6.45) is 3.28. The number of anilines is 1. The van der Waals surface area contributed by atoms with E-state index < -0.39 is 6.29 Å². The molecule has 0 radical (unpaired) electrons. The summed E-state index contributed by atoms with van der Waals surface area (Å²) in [4.78, 5) is 21.5. The Balaban J connectivity index is 0.997. The maximum absolute atomic E-state index is 12.8. The Kier molecular flexibility index (Phi) is 11.5. The lowest BCUT2D eigenvalue weighted by Crippen LogP contribution is -2.31. The van der Waals surface area contributed by atoms with Gasteiger partial charge in [-0.2, -0.15) is 0 Å². The first-order valence-corrected chi connectivity index (χ1v) is 18.0. The van der Waals surface area contributed by atoms with Crippen LogP contribution in [-0.2, 0) is 22.6 Å². The molecular formula is C42H38N4O5S. The monoisotopic (exact) mass is 710 g/mol. The molecule has 2 amide bonds. The summed E-state index contributed by atoms with van der Waals surface area (Å²) < 4.78 is 18.9. The van der Waals surface area contributed by atoms with Crippen LogP contribution in [0.15, 0.2) is 151 Å². The molecule has 1 aliphatic heterocycles. The number of carbonyl (C=O) groups is 1. The highest BCUT2D eigenvalue weighted by atomic mass is 32.2. The summed E-state index contributed by atoms with van der Waals surface area (Å²) >= 11 is 1.56. The minimum Gasteiger partial charge on any atom is -0.457 e. The summed E-state index contributed by atoms with van der Waals surface area (Å²) in [5.74, 6) is 2.11. The quantitative estimate of drug-likeness (QED) is 0.0852. The highest BCUT2D eigenvalue weighted by Gasteiger charge is 2.32. The van der Waals surface area contributed by atoms with Crippen molar-refractivity contribution in [1.82, 2.24) is 15.3 Å². The molecule has 1 saturated heterocycles. The second-order valence-electron chi connectivity index (χ2n) is 12.2. The fourth-order valence-corrected chi connectivity index (χ4v) is 6.73. The number of ether oxygens (including phenoxy) is 3. The minimum atomic E-state index is -0.577. The van der Waals surface area contributed by atoms with Crippen molar-refractivity contribution in [3.63, 3.8) is 0 Å². The summed E-state index contributed by atoms with van der Waals surface area (Å²) in [5, 5.41) is 16.1. The normalized spacial score (nSPS) is 16.9. The van der Waals surface area contributed by atoms with E-state index in [1.807, 2.05) is 103 Å². The number of carbonyl (C=O) groups excluding carboxylic acids is 1. The van der Waals surface area contributed by atoms with Crippen LogP contribution >= 0.6 is 11.8 Å². The van der Waals surface area contributed by atoms with Crippen molar-refractivity contribution in [3.8, 4) is 22.6 Å². The zero-order chi connectivity index (χ0) is 35.5. The van der Waals surface area contributed by atoms with E-state index in [4.69, 9.17) is 14.2 Å². The average molecular weight is 711 g/mol. The number of nitrogens with zero attached hydrogens (tertiary/aromatic N) is 2. The molecule has 52 heavy (non-hydrogen) atoms. The standard InChI is InChI=1S/C42H38N4O5S/c47-27-29-11-13-31(14-12-29)39-25-37(28-52-42-43-23-6-24-44-42)50-40(51-39)32-17-15-30(16-18-32)38-10-5-4-7-33(38)26-45-41(48)46-34-19-21-36(22-20-34)49-35-8-2-1-3-9-35/h1-24,37,39-40,47H,25-28H2,(H2,45,46,48). The zero-order valence-electron chi connectivity index (χ0n) is 28.3. The molecule has 7 rings (SSSR count). The SMILES string of the molecule is O=C(NCc1ccccc1-c1ccc(C2OC(CSc3ncccn3)CC(c3ccc(CO)cc3)O2)cc1)Nc1ccc(Oc2ccccc2)cc1. The molecule has 3 N–H and O–H groups in total. The number of hydrogen-bond acceptors (Lipinski definition) is 8. The minimum absolute atomic E-state index is 0.00684. The van der Waals surface area contributed by atoms with Gasteiger partial charge in [0.05, 0.1) is 18.8 Å². The third kappa shape index (κ3) is 9.22. The Morgan fingerprint density at radius 2 is 1.46 bits per heavy atom. The van der Waals surface area contributed by atoms with Gasteiger partial charge in [-0.3, -0.25) is 0 Å². The van der Waals surface area contributed by atoms with Crippen LogP contribution in [0, 0.1) is 0 Å². The van der Waals surface area contributed by atoms with E-state index in [0.29, 0.717) is 35.3 Å². The van der Waals surface area contributed by atoms with E-state index in [9.17, 15) is 9.90 Å². The fraction of sp³-hybridized carbons (Fsp3) is 0.167. The predicted octanol–water partition coefficient (Wildman–Crippen LogP) is 9.09. The third-order valence-electron chi connectivity index (χ3n) is 8.60. The van der Waals surface area contributed by atoms with Gasteiger partial charge in [0.1, 0.15) is 11.5 Å². The fourth-order valence-electron chi connectivity index (χ4n) is 5.91. The molecule has 5 aromatic carbocycles. The number of benzene rings is 5. The molecule has 2 heterocycles. The maximum atomic E-state index is 12.8. The zero-order valence-corrected chi connectivity index (χ0v) is 29.1. The first-order valence-electron chi connectivity index (χ1n) is 17.1. The topological polar surface area (TPSA) is 115 Å². The predicted molar refractivity (Wildman–Crippen MR) is 202 cm³/mol. The lowest BCUT2D eigenvalue weighted by molar-refractivity contribution is -0.245. The van der Waals surface area contributed by atoms with Crippen molar-refractivity contribution in [2.75, 3.05) is 11.1 Å². The number of aromatic nitrogens is 2. The summed E-state index contributed by atoms with van der Waals surface area (Å²) in [5.41, 5.74) is 6.46. The molecule has 0 bridgehead atoms. The van der Waals surface area contributed by atoms with Crippen molar-refractivity contribution in [2.45, 2.75) is 43.2 Å². The Bertz CT molecular complexity index is 2030. The molecule has 1 fully saturated rings. The van der Waals surface area contributed by atoms with Gasteiger partial charge in [0.2, 0.25) is 0 Å². The van der Waals surface area contributed by atoms with Crippen LogP contribution in [0.3, 0.4) is 0 Å². The number of urea groups is 1. The number of hydrogen-bond donors (Lipinski definition) is 3. The van der Waals surface area contributed by atoms with Gasteiger partial charge in [-0.15, -0.1) is 0 Å². The first-order chi connectivity index (χ1) is 25.6. The molecule has 10 heteroatoms. The van der Waals surface area contributed by atoms with Gasteiger partial charge in [-0.1, -0.05) is 103 Å². The molecule has 0 saturated carbocycles. The number of rotatable bonds is 12. The van der Waals surface area contributed by atoms with Crippen LogP contribution in [0.2, 0.25) is 0 Å². The van der Waals surface area contributed by atoms with Gasteiger partial charge in [-0.25, -0.2) is 14.8 Å². The lowest BCUT2D eigenvalue weighted by atomic mass is 9.98. The van der Waals surface area contributed by atoms with Crippen LogP contribution in [0.25, 0.3) is 11.1 Å². The van der Waals surface area contributed by atoms with Crippen molar-refractivity contribution in [3.05, 3.63) is 168 Å². The second kappa shape index (κ2) is 17.1. The van der Waals surface area contributed by atoms with Crippen molar-refractivity contribution < 1.29 is 24.1 Å². The van der Waals surface area contributed by atoms with E-state index in [-0.39, 0.29) is 24.8 Å². The van der Waals surface area contributed by atoms with Gasteiger partial charge in [-0.05, 0) is 70.3 Å². The summed E-state index contributed by atoms with van der Waals surface area (Å²) in [6, 6.07) is 42.4. The Morgan fingerprint density at radius 3 is 2.21 bits per heavy atom. The van der Waals surface area contributed by atoms with E-state index in [1.165, 1.54) is 0 Å². The Hall–Kier alpha value is -5.52. The molecule has 1 aliphatic rings. The lowest BCUT2D eigenvalue weighted by Gasteiger charge is -2.36. The molecule has 0 spiro atoms. The molecule has 3 atom stereocenters. The maximum Gasteiger partial charge on any atom is 0.319 e. The second-order valence-corrected chi connectivity index (χ2v) is 13.2. The molecule has 6 aromatic rings. The molecule has 1 aromatic heterocycles. The van der Waals surface area contributed by atoms with E-state index >= 15 is 0 Å². The van der Waals surface area contributed by atoms with Crippen molar-refractivity contribution in [2.24, 2.45) is 0 Å². The number of para-hydroxylation sites is 1. The highest BCUT2D eigenvalue weighted by molar-refractivity contribution is 7.99. The molecule has 3 unspecified atom stereocenters. The largest absolute Gasteiger partial charge is 0.457 e. The summed E-state index contributed by atoms with van der Waals surface area (Å²) in [7, 11) is 0. The van der Waals surface area contributed by atoms with Crippen molar-refractivity contribution >= 4 is 23.5 Å². The third-order valence-corrected chi connectivity index (χ3v) is 9.60. The van der Waals surface area contributed by atoms with E-state index in [0.717, 1.165) is 39.1 Å². The average Bonchev–Trinajstić information content (AvgIpc) is 3.21. The number of thioether (sulfide) groups is 1. The van der Waals surface area contributed by atoms with Crippen LogP contribution in [0.5, 0.6) is 11.5 Å². The van der Waals surface area contributed by atoms with Gasteiger partial charge in [0.15, 0.2) is 11.4 Å². The van der Waals surface area contributed by atoms with Gasteiger partial charge >= 0.3 is 6.03 Å². The first kappa shape index (κ1) is 34.9. The van der Waals surface area contributed by atoms with Gasteiger partial charge in [0, 0.05) is 42.4 Å². The highest BCUT2D eigenvalue weighted by Crippen LogP contribution is 2.40. The number of nitrogens with one attached hydrogen (secondary N) is 2. The van der Waals surface area contributed by atoms with E-state index in [1.54, 1.807) is 42.4 Å². The molecule has 9 nitrogen and oxygen atoms in total. The van der Waals surface area contributed by atoms with Crippen LogP contribution < -0.4 is 15.4 Å². The number of amides is 2. The van der Waals surface area contributed by atoms with Crippen LogP contribution in [0.1, 0.15) is 41.1 Å². The van der Waals surface area contributed by atoms with Crippen molar-refractivity contribution in [1.29, 1.82) is 0 Å². The molecule has 0 aliphatic carbocycles. The smallest absolute Gasteiger partial charge is 0.319 e. The Labute approximate surface area is 307 Å². The van der Waals surface area contributed by atoms with E-state index in [2.05, 4.69) is 32.7 Å². The van der Waals surface area contributed by atoms with Gasteiger partial charge < -0.3 is 30.0 Å². The molecular weight excluding hydrogens is 673 g/mol. The van der Waals surface area contributed by atoms with Crippen LogP contribution in [0.4, 0.5) is 10.5 Å². The number of aliphatic hydroxyl groups excluding tert-OH is 1. The summed E-state index contributed by atoms with van der Waals surface area (Å²) in [6.45, 7) is 0.335. The Morgan fingerprint density at radius 1 is 0.769 bits per heavy atom.